The fourth-order valence-electron chi connectivity index (χ4n) is 1.50. The van der Waals surface area contributed by atoms with Gasteiger partial charge in [0.15, 0.2) is 11.5 Å². The minimum Gasteiger partial charge on any atom is -0.423 e. The molecule has 5 heteroatoms. The largest absolute Gasteiger partial charge is 0.423 e. The number of rotatable bonds is 5. The molecule has 0 unspecified atom stereocenters. The molecular weight excluding hydrogens is 248 g/mol. The monoisotopic (exact) mass is 264 g/mol. The summed E-state index contributed by atoms with van der Waals surface area (Å²) >= 11 is 0. The molecule has 0 amide bonds. The molecule has 102 valence electrons. The number of aliphatic hydroxyl groups excluding tert-OH is 1. The fourth-order valence-corrected chi connectivity index (χ4v) is 1.50. The number of hydrogen-bond acceptors (Lipinski definition) is 5. The Balaban J connectivity index is 3.09. The molecule has 1 N–H and O–H groups in total. The number of aliphatic hydroxyl groups is 1. The predicted molar refractivity (Wildman–Crippen MR) is 68.8 cm³/mol. The zero-order valence-electron chi connectivity index (χ0n) is 10.9. The van der Waals surface area contributed by atoms with Crippen molar-refractivity contribution in [2.24, 2.45) is 0 Å². The maximum atomic E-state index is 11.0. The van der Waals surface area contributed by atoms with Crippen LogP contribution in [0.25, 0.3) is 0 Å². The maximum absolute atomic E-state index is 11.0. The Morgan fingerprint density at radius 2 is 1.84 bits per heavy atom. The molecule has 0 saturated heterocycles. The van der Waals surface area contributed by atoms with E-state index in [2.05, 4.69) is 6.58 Å². The zero-order valence-corrected chi connectivity index (χ0v) is 10.9. The number of hydrogen-bond donors (Lipinski definition) is 1. The van der Waals surface area contributed by atoms with Crippen molar-refractivity contribution in [3.63, 3.8) is 0 Å². The van der Waals surface area contributed by atoms with Gasteiger partial charge < -0.3 is 14.6 Å². The van der Waals surface area contributed by atoms with E-state index in [0.717, 1.165) is 0 Å². The molecule has 0 heterocycles. The van der Waals surface area contributed by atoms with Crippen LogP contribution in [0.4, 0.5) is 0 Å². The van der Waals surface area contributed by atoms with E-state index in [4.69, 9.17) is 9.47 Å². The van der Waals surface area contributed by atoms with Crippen LogP contribution in [-0.2, 0) is 9.59 Å². The molecule has 0 aromatic heterocycles. The van der Waals surface area contributed by atoms with E-state index in [-0.39, 0.29) is 11.5 Å². The first-order valence-electron chi connectivity index (χ1n) is 5.73. The lowest BCUT2D eigenvalue weighted by atomic mass is 10.1. The SMILES string of the molecule is C=CC[C@H](O)c1ccc(OC(C)=O)c(OC(C)=O)c1. The summed E-state index contributed by atoms with van der Waals surface area (Å²) in [6, 6.07) is 4.54. The second kappa shape index (κ2) is 6.70. The van der Waals surface area contributed by atoms with Gasteiger partial charge in [-0.2, -0.15) is 0 Å². The summed E-state index contributed by atoms with van der Waals surface area (Å²) in [4.78, 5) is 22.0. The van der Waals surface area contributed by atoms with Gasteiger partial charge in [-0.25, -0.2) is 0 Å². The summed E-state index contributed by atoms with van der Waals surface area (Å²) < 4.78 is 9.89. The summed E-state index contributed by atoms with van der Waals surface area (Å²) in [5, 5.41) is 9.83. The van der Waals surface area contributed by atoms with Gasteiger partial charge in [0.2, 0.25) is 0 Å². The summed E-state index contributed by atoms with van der Waals surface area (Å²) in [6.07, 6.45) is 1.20. The van der Waals surface area contributed by atoms with Crippen LogP contribution >= 0.6 is 0 Å². The van der Waals surface area contributed by atoms with E-state index in [0.29, 0.717) is 12.0 Å². The normalized spacial score (nSPS) is 11.5. The maximum Gasteiger partial charge on any atom is 0.308 e. The number of benzene rings is 1. The molecule has 1 atom stereocenters. The highest BCUT2D eigenvalue weighted by molar-refractivity contribution is 5.73. The van der Waals surface area contributed by atoms with E-state index in [1.165, 1.54) is 26.0 Å². The van der Waals surface area contributed by atoms with Gasteiger partial charge in [0.05, 0.1) is 6.10 Å². The van der Waals surface area contributed by atoms with Crippen molar-refractivity contribution in [2.45, 2.75) is 26.4 Å². The highest BCUT2D eigenvalue weighted by Gasteiger charge is 2.14. The van der Waals surface area contributed by atoms with Gasteiger partial charge in [0.25, 0.3) is 0 Å². The summed E-state index contributed by atoms with van der Waals surface area (Å²) in [6.45, 7) is 6.03. The third-order valence-electron chi connectivity index (χ3n) is 2.25. The Morgan fingerprint density at radius 1 is 1.26 bits per heavy atom. The van der Waals surface area contributed by atoms with Gasteiger partial charge in [0.1, 0.15) is 0 Å². The van der Waals surface area contributed by atoms with Gasteiger partial charge in [-0.05, 0) is 24.1 Å². The highest BCUT2D eigenvalue weighted by Crippen LogP contribution is 2.31. The molecule has 0 spiro atoms. The minimum atomic E-state index is -0.752. The molecule has 0 aliphatic heterocycles. The Bertz CT molecular complexity index is 493. The van der Waals surface area contributed by atoms with Crippen LogP contribution in [0.15, 0.2) is 30.9 Å². The van der Waals surface area contributed by atoms with Crippen molar-refractivity contribution >= 4 is 11.9 Å². The van der Waals surface area contributed by atoms with Gasteiger partial charge in [-0.3, -0.25) is 9.59 Å². The predicted octanol–water partition coefficient (Wildman–Crippen LogP) is 2.15. The molecule has 1 aromatic rings. The first kappa shape index (κ1) is 14.9. The third-order valence-corrected chi connectivity index (χ3v) is 2.25. The van der Waals surface area contributed by atoms with E-state index in [1.54, 1.807) is 12.1 Å². The van der Waals surface area contributed by atoms with Crippen molar-refractivity contribution in [3.05, 3.63) is 36.4 Å². The average Bonchev–Trinajstić information content (AvgIpc) is 2.30. The van der Waals surface area contributed by atoms with Crippen LogP contribution in [0.2, 0.25) is 0 Å². The molecule has 19 heavy (non-hydrogen) atoms. The number of carbonyl (C=O) groups excluding carboxylic acids is 2. The summed E-state index contributed by atoms with van der Waals surface area (Å²) in [5.41, 5.74) is 0.548. The van der Waals surface area contributed by atoms with Crippen molar-refractivity contribution in [3.8, 4) is 11.5 Å². The lowest BCUT2D eigenvalue weighted by Gasteiger charge is -2.13. The van der Waals surface area contributed by atoms with E-state index in [9.17, 15) is 14.7 Å². The number of ether oxygens (including phenoxy) is 2. The zero-order chi connectivity index (χ0) is 14.4. The average molecular weight is 264 g/mol. The topological polar surface area (TPSA) is 72.8 Å². The van der Waals surface area contributed by atoms with Gasteiger partial charge in [-0.1, -0.05) is 12.1 Å². The second-order valence-electron chi connectivity index (χ2n) is 3.93. The Hall–Kier alpha value is -2.14. The Kier molecular flexibility index (Phi) is 5.26. The van der Waals surface area contributed by atoms with Crippen LogP contribution in [0.5, 0.6) is 11.5 Å². The highest BCUT2D eigenvalue weighted by atomic mass is 16.6. The van der Waals surface area contributed by atoms with Crippen LogP contribution in [-0.4, -0.2) is 17.0 Å². The van der Waals surface area contributed by atoms with Crippen LogP contribution < -0.4 is 9.47 Å². The van der Waals surface area contributed by atoms with Crippen LogP contribution in [0.3, 0.4) is 0 Å². The fraction of sp³-hybridized carbons (Fsp3) is 0.286. The Morgan fingerprint density at radius 3 is 2.37 bits per heavy atom. The molecular formula is C14H16O5. The van der Waals surface area contributed by atoms with Crippen molar-refractivity contribution in [1.82, 2.24) is 0 Å². The summed E-state index contributed by atoms with van der Waals surface area (Å²) in [7, 11) is 0. The lowest BCUT2D eigenvalue weighted by molar-refractivity contribution is -0.134. The molecule has 5 nitrogen and oxygen atoms in total. The van der Waals surface area contributed by atoms with Crippen molar-refractivity contribution in [2.75, 3.05) is 0 Å². The minimum absolute atomic E-state index is 0.100. The molecule has 0 radical (unpaired) electrons. The van der Waals surface area contributed by atoms with Gasteiger partial charge >= 0.3 is 11.9 Å². The first-order chi connectivity index (χ1) is 8.93. The van der Waals surface area contributed by atoms with Crippen molar-refractivity contribution in [1.29, 1.82) is 0 Å². The first-order valence-corrected chi connectivity index (χ1v) is 5.73. The second-order valence-corrected chi connectivity index (χ2v) is 3.93. The molecule has 0 aliphatic carbocycles. The molecule has 0 fully saturated rings. The summed E-state index contributed by atoms with van der Waals surface area (Å²) in [5.74, 6) is -0.822. The van der Waals surface area contributed by atoms with Crippen LogP contribution in [0.1, 0.15) is 31.9 Å². The lowest BCUT2D eigenvalue weighted by Crippen LogP contribution is -2.08. The standard InChI is InChI=1S/C14H16O5/c1-4-5-12(17)11-6-7-13(18-9(2)15)14(8-11)19-10(3)16/h4,6-8,12,17H,1,5H2,2-3H3/t12-/m0/s1. The Labute approximate surface area is 111 Å². The van der Waals surface area contributed by atoms with Gasteiger partial charge in [-0.15, -0.1) is 6.58 Å². The smallest absolute Gasteiger partial charge is 0.308 e. The third kappa shape index (κ3) is 4.56. The van der Waals surface area contributed by atoms with Gasteiger partial charge in [0, 0.05) is 13.8 Å². The molecule has 1 rings (SSSR count). The molecule has 0 saturated carbocycles. The van der Waals surface area contributed by atoms with E-state index in [1.807, 2.05) is 0 Å². The van der Waals surface area contributed by atoms with Crippen LogP contribution in [0, 0.1) is 0 Å². The molecule has 0 aliphatic rings. The quantitative estimate of drug-likeness (QED) is 0.501. The molecule has 1 aromatic carbocycles. The number of esters is 2. The van der Waals surface area contributed by atoms with E-state index >= 15 is 0 Å². The number of carbonyl (C=O) groups is 2. The van der Waals surface area contributed by atoms with Crippen molar-refractivity contribution < 1.29 is 24.2 Å². The van der Waals surface area contributed by atoms with E-state index < -0.39 is 18.0 Å². The molecule has 0 bridgehead atoms.